The number of pyridine rings is 1. The van der Waals surface area contributed by atoms with Crippen molar-refractivity contribution >= 4 is 0 Å². The molecule has 0 bridgehead atoms. The van der Waals surface area contributed by atoms with E-state index >= 15 is 0 Å². The van der Waals surface area contributed by atoms with Crippen molar-refractivity contribution in [2.24, 2.45) is 0 Å². The van der Waals surface area contributed by atoms with Crippen molar-refractivity contribution in [3.05, 3.63) is 29.8 Å². The van der Waals surface area contributed by atoms with Crippen molar-refractivity contribution in [2.75, 3.05) is 20.3 Å². The number of halogens is 1. The maximum Gasteiger partial charge on any atom is 0.213 e. The van der Waals surface area contributed by atoms with Gasteiger partial charge < -0.3 is 9.47 Å². The molecule has 0 aromatic carbocycles. The third kappa shape index (κ3) is 1.32. The lowest BCUT2D eigenvalue weighted by atomic mass is 9.93. The van der Waals surface area contributed by atoms with Gasteiger partial charge >= 0.3 is 0 Å². The number of nitrogens with zero attached hydrogens (tertiary/aromatic N) is 1. The number of hydrogen-bond acceptors (Lipinski definition) is 3. The molecule has 1 aliphatic rings. The van der Waals surface area contributed by atoms with Gasteiger partial charge in [0.05, 0.1) is 13.2 Å². The normalized spacial score (nSPS) is 19.5. The molecule has 1 aromatic heterocycles. The first-order valence-electron chi connectivity index (χ1n) is 4.02. The minimum absolute atomic E-state index is 0.455. The summed E-state index contributed by atoms with van der Waals surface area (Å²) >= 11 is 0. The Morgan fingerprint density at radius 2 is 2.38 bits per heavy atom. The molecule has 0 radical (unpaired) electrons. The highest BCUT2D eigenvalue weighted by atomic mass is 19.1. The zero-order valence-electron chi connectivity index (χ0n) is 7.29. The molecule has 1 fully saturated rings. The standard InChI is InChI=1S/C9H10FNO2/c1-12-9(5-13-6-9)7-2-3-11-8(10)4-7/h2-4H,5-6H2,1H3. The molecule has 1 saturated heterocycles. The minimum Gasteiger partial charge on any atom is -0.375 e. The zero-order chi connectivity index (χ0) is 9.31. The summed E-state index contributed by atoms with van der Waals surface area (Å²) in [5.74, 6) is -0.485. The highest BCUT2D eigenvalue weighted by molar-refractivity contribution is 5.22. The highest BCUT2D eigenvalue weighted by Gasteiger charge is 2.40. The summed E-state index contributed by atoms with van der Waals surface area (Å²) < 4.78 is 23.1. The number of hydrogen-bond donors (Lipinski definition) is 0. The maximum absolute atomic E-state index is 12.8. The molecule has 0 unspecified atom stereocenters. The van der Waals surface area contributed by atoms with Crippen molar-refractivity contribution in [3.8, 4) is 0 Å². The van der Waals surface area contributed by atoms with Gasteiger partial charge in [0.1, 0.15) is 5.60 Å². The van der Waals surface area contributed by atoms with Crippen LogP contribution in [0.1, 0.15) is 5.56 Å². The van der Waals surface area contributed by atoms with Gasteiger partial charge in [-0.05, 0) is 17.7 Å². The third-order valence-electron chi connectivity index (χ3n) is 2.31. The van der Waals surface area contributed by atoms with Gasteiger partial charge in [-0.15, -0.1) is 0 Å². The minimum atomic E-state index is -0.485. The summed E-state index contributed by atoms with van der Waals surface area (Å²) in [7, 11) is 1.60. The average molecular weight is 183 g/mol. The number of rotatable bonds is 2. The summed E-state index contributed by atoms with van der Waals surface area (Å²) in [6.45, 7) is 0.958. The average Bonchev–Trinajstić information content (AvgIpc) is 2.03. The first kappa shape index (κ1) is 8.59. The van der Waals surface area contributed by atoms with Crippen molar-refractivity contribution in [1.82, 2.24) is 4.98 Å². The Morgan fingerprint density at radius 1 is 1.62 bits per heavy atom. The van der Waals surface area contributed by atoms with Crippen LogP contribution < -0.4 is 0 Å². The van der Waals surface area contributed by atoms with E-state index in [1.165, 1.54) is 12.3 Å². The van der Waals surface area contributed by atoms with Gasteiger partial charge in [0.2, 0.25) is 5.95 Å². The fourth-order valence-electron chi connectivity index (χ4n) is 1.38. The van der Waals surface area contributed by atoms with Crippen molar-refractivity contribution < 1.29 is 13.9 Å². The molecule has 4 heteroatoms. The van der Waals surface area contributed by atoms with Crippen LogP contribution in [0.2, 0.25) is 0 Å². The number of methoxy groups -OCH3 is 1. The molecule has 2 heterocycles. The van der Waals surface area contributed by atoms with Gasteiger partial charge in [0, 0.05) is 13.3 Å². The molecule has 0 saturated carbocycles. The molecule has 70 valence electrons. The van der Waals surface area contributed by atoms with E-state index in [0.717, 1.165) is 5.56 Å². The van der Waals surface area contributed by atoms with Crippen LogP contribution >= 0.6 is 0 Å². The Balaban J connectivity index is 2.33. The monoisotopic (exact) mass is 183 g/mol. The number of ether oxygens (including phenoxy) is 2. The van der Waals surface area contributed by atoms with E-state index in [4.69, 9.17) is 9.47 Å². The van der Waals surface area contributed by atoms with E-state index in [-0.39, 0.29) is 0 Å². The largest absolute Gasteiger partial charge is 0.375 e. The topological polar surface area (TPSA) is 31.4 Å². The van der Waals surface area contributed by atoms with Crippen LogP contribution in [0.5, 0.6) is 0 Å². The van der Waals surface area contributed by atoms with Crippen LogP contribution in [0.3, 0.4) is 0 Å². The summed E-state index contributed by atoms with van der Waals surface area (Å²) in [5, 5.41) is 0. The predicted octanol–water partition coefficient (Wildman–Crippen LogP) is 1.09. The lowest BCUT2D eigenvalue weighted by molar-refractivity contribution is -0.202. The van der Waals surface area contributed by atoms with E-state index in [2.05, 4.69) is 4.98 Å². The fourth-order valence-corrected chi connectivity index (χ4v) is 1.38. The maximum atomic E-state index is 12.8. The molecule has 0 N–H and O–H groups in total. The summed E-state index contributed by atoms with van der Waals surface area (Å²) in [6, 6.07) is 3.13. The first-order chi connectivity index (χ1) is 6.27. The molecule has 13 heavy (non-hydrogen) atoms. The van der Waals surface area contributed by atoms with Gasteiger partial charge in [0.25, 0.3) is 0 Å². The molecule has 2 rings (SSSR count). The van der Waals surface area contributed by atoms with E-state index < -0.39 is 11.5 Å². The van der Waals surface area contributed by atoms with Gasteiger partial charge in [-0.25, -0.2) is 4.98 Å². The molecule has 1 aromatic rings. The molecule has 0 spiro atoms. The Kier molecular flexibility index (Phi) is 2.01. The Bertz CT molecular complexity index is 307. The van der Waals surface area contributed by atoms with Gasteiger partial charge in [-0.3, -0.25) is 0 Å². The van der Waals surface area contributed by atoms with Crippen molar-refractivity contribution in [3.63, 3.8) is 0 Å². The zero-order valence-corrected chi connectivity index (χ0v) is 7.29. The lowest BCUT2D eigenvalue weighted by Crippen LogP contribution is -2.48. The molecular weight excluding hydrogens is 173 g/mol. The van der Waals surface area contributed by atoms with Crippen LogP contribution in [0.15, 0.2) is 18.3 Å². The van der Waals surface area contributed by atoms with Gasteiger partial charge in [-0.2, -0.15) is 4.39 Å². The second-order valence-electron chi connectivity index (χ2n) is 3.06. The van der Waals surface area contributed by atoms with Crippen LogP contribution in [-0.2, 0) is 15.1 Å². The van der Waals surface area contributed by atoms with Gasteiger partial charge in [0.15, 0.2) is 0 Å². The smallest absolute Gasteiger partial charge is 0.213 e. The van der Waals surface area contributed by atoms with Crippen LogP contribution in [-0.4, -0.2) is 25.3 Å². The fraction of sp³-hybridized carbons (Fsp3) is 0.444. The lowest BCUT2D eigenvalue weighted by Gasteiger charge is -2.40. The van der Waals surface area contributed by atoms with Crippen molar-refractivity contribution in [2.45, 2.75) is 5.60 Å². The summed E-state index contributed by atoms with van der Waals surface area (Å²) in [5.41, 5.74) is 0.331. The molecule has 3 nitrogen and oxygen atoms in total. The quantitative estimate of drug-likeness (QED) is 0.643. The van der Waals surface area contributed by atoms with Crippen LogP contribution in [0.25, 0.3) is 0 Å². The van der Waals surface area contributed by atoms with E-state index in [1.807, 2.05) is 0 Å². The van der Waals surface area contributed by atoms with E-state index in [1.54, 1.807) is 13.2 Å². The van der Waals surface area contributed by atoms with Crippen molar-refractivity contribution in [1.29, 1.82) is 0 Å². The van der Waals surface area contributed by atoms with Crippen LogP contribution in [0, 0.1) is 5.95 Å². The highest BCUT2D eigenvalue weighted by Crippen LogP contribution is 2.32. The first-order valence-corrected chi connectivity index (χ1v) is 4.02. The molecule has 0 atom stereocenters. The Labute approximate surface area is 75.5 Å². The predicted molar refractivity (Wildman–Crippen MR) is 43.7 cm³/mol. The Hall–Kier alpha value is -1.00. The molecular formula is C9H10FNO2. The molecule has 1 aliphatic heterocycles. The molecule has 0 amide bonds. The summed E-state index contributed by atoms with van der Waals surface area (Å²) in [6.07, 6.45) is 1.43. The second kappa shape index (κ2) is 3.05. The van der Waals surface area contributed by atoms with E-state index in [0.29, 0.717) is 13.2 Å². The third-order valence-corrected chi connectivity index (χ3v) is 2.31. The van der Waals surface area contributed by atoms with Gasteiger partial charge in [-0.1, -0.05) is 0 Å². The summed E-state index contributed by atoms with van der Waals surface area (Å²) in [4.78, 5) is 3.48. The number of aromatic nitrogens is 1. The van der Waals surface area contributed by atoms with E-state index in [9.17, 15) is 4.39 Å². The molecule has 0 aliphatic carbocycles. The SMILES string of the molecule is COC1(c2ccnc(F)c2)COC1. The second-order valence-corrected chi connectivity index (χ2v) is 3.06. The Morgan fingerprint density at radius 3 is 2.85 bits per heavy atom. The van der Waals surface area contributed by atoms with Crippen LogP contribution in [0.4, 0.5) is 4.39 Å².